The van der Waals surface area contributed by atoms with E-state index in [1.165, 1.54) is 76.6 Å². The van der Waals surface area contributed by atoms with Gasteiger partial charge in [0, 0.05) is 34.3 Å². The lowest BCUT2D eigenvalue weighted by Gasteiger charge is -2.25. The second kappa shape index (κ2) is 9.54. The van der Waals surface area contributed by atoms with Gasteiger partial charge in [-0.1, -0.05) is 123 Å². The van der Waals surface area contributed by atoms with E-state index in [1.807, 2.05) is 18.5 Å². The number of pyridine rings is 1. The molecule has 0 saturated heterocycles. The van der Waals surface area contributed by atoms with Gasteiger partial charge < -0.3 is 0 Å². The summed E-state index contributed by atoms with van der Waals surface area (Å²) in [5, 5.41) is 8.66. The van der Waals surface area contributed by atoms with E-state index in [9.17, 15) is 0 Å². The molecule has 0 atom stereocenters. The number of rotatable bonds is 3. The van der Waals surface area contributed by atoms with Gasteiger partial charge in [0.1, 0.15) is 0 Å². The Bertz CT molecular complexity index is 2690. The molecule has 1 aliphatic rings. The summed E-state index contributed by atoms with van der Waals surface area (Å²) in [6.45, 7) is 4.68. The van der Waals surface area contributed by atoms with Gasteiger partial charge in [-0.2, -0.15) is 0 Å². The van der Waals surface area contributed by atoms with Crippen molar-refractivity contribution < 1.29 is 0 Å². The summed E-state index contributed by atoms with van der Waals surface area (Å²) in [5.41, 5.74) is 11.9. The van der Waals surface area contributed by atoms with E-state index in [1.54, 1.807) is 0 Å². The number of para-hydroxylation sites is 1. The molecular weight excluding hydrogens is 571 g/mol. The highest BCUT2D eigenvalue weighted by atomic mass is 14.9. The number of benzene rings is 7. The van der Waals surface area contributed by atoms with Gasteiger partial charge in [0.25, 0.3) is 0 Å². The Morgan fingerprint density at radius 3 is 1.87 bits per heavy atom. The molecule has 2 aromatic heterocycles. The van der Waals surface area contributed by atoms with Gasteiger partial charge in [-0.3, -0.25) is 0 Å². The van der Waals surface area contributed by atoms with Crippen LogP contribution in [0.1, 0.15) is 25.0 Å². The molecule has 0 spiro atoms. The predicted octanol–water partition coefficient (Wildman–Crippen LogP) is 11.2. The van der Waals surface area contributed by atoms with Crippen LogP contribution < -0.4 is 0 Å². The fourth-order valence-corrected chi connectivity index (χ4v) is 8.19. The van der Waals surface area contributed by atoms with E-state index in [4.69, 9.17) is 4.98 Å². The Balaban J connectivity index is 1.17. The molecule has 0 amide bonds. The van der Waals surface area contributed by atoms with Crippen LogP contribution in [0.15, 0.2) is 140 Å². The van der Waals surface area contributed by atoms with Gasteiger partial charge in [-0.15, -0.1) is 0 Å². The Morgan fingerprint density at radius 1 is 0.489 bits per heavy atom. The van der Waals surface area contributed by atoms with Crippen LogP contribution in [-0.4, -0.2) is 15.0 Å². The van der Waals surface area contributed by atoms with Crippen LogP contribution in [0, 0.1) is 0 Å². The molecule has 47 heavy (non-hydrogen) atoms. The maximum absolute atomic E-state index is 5.24. The van der Waals surface area contributed by atoms with Crippen LogP contribution in [-0.2, 0) is 5.41 Å². The normalized spacial score (nSPS) is 13.5. The van der Waals surface area contributed by atoms with Gasteiger partial charge in [0.05, 0.1) is 11.2 Å². The highest BCUT2D eigenvalue weighted by Gasteiger charge is 2.39. The van der Waals surface area contributed by atoms with Crippen LogP contribution in [0.2, 0.25) is 0 Å². The summed E-state index contributed by atoms with van der Waals surface area (Å²) in [7, 11) is 0. The molecule has 3 heteroatoms. The molecule has 10 rings (SSSR count). The van der Waals surface area contributed by atoms with Crippen molar-refractivity contribution in [1.82, 2.24) is 15.0 Å². The minimum Gasteiger partial charge on any atom is -0.247 e. The number of nitrogens with zero attached hydrogens (tertiary/aromatic N) is 3. The quantitative estimate of drug-likeness (QED) is 0.190. The van der Waals surface area contributed by atoms with Crippen molar-refractivity contribution in [2.45, 2.75) is 19.3 Å². The Kier molecular flexibility index (Phi) is 5.34. The molecule has 0 aliphatic heterocycles. The van der Waals surface area contributed by atoms with Crippen LogP contribution >= 0.6 is 0 Å². The van der Waals surface area contributed by atoms with Gasteiger partial charge in [0.15, 0.2) is 5.82 Å². The summed E-state index contributed by atoms with van der Waals surface area (Å²) in [5.74, 6) is 0.752. The molecule has 0 unspecified atom stereocenters. The maximum Gasteiger partial charge on any atom is 0.159 e. The fourth-order valence-electron chi connectivity index (χ4n) is 8.19. The zero-order chi connectivity index (χ0) is 31.3. The first kappa shape index (κ1) is 26.3. The van der Waals surface area contributed by atoms with Crippen molar-refractivity contribution >= 4 is 43.2 Å². The highest BCUT2D eigenvalue weighted by Crippen LogP contribution is 2.53. The smallest absolute Gasteiger partial charge is 0.159 e. The minimum atomic E-state index is -0.160. The number of hydrogen-bond donors (Lipinski definition) is 0. The lowest BCUT2D eigenvalue weighted by atomic mass is 9.78. The lowest BCUT2D eigenvalue weighted by molar-refractivity contribution is 0.662. The maximum atomic E-state index is 5.24. The van der Waals surface area contributed by atoms with Crippen LogP contribution in [0.3, 0.4) is 0 Å². The van der Waals surface area contributed by atoms with Crippen LogP contribution in [0.4, 0.5) is 0 Å². The summed E-state index contributed by atoms with van der Waals surface area (Å²) in [6.07, 6.45) is 3.62. The fraction of sp³-hybridized carbons (Fsp3) is 0.0682. The van der Waals surface area contributed by atoms with Crippen molar-refractivity contribution in [3.8, 4) is 44.9 Å². The van der Waals surface area contributed by atoms with E-state index in [-0.39, 0.29) is 5.41 Å². The van der Waals surface area contributed by atoms with E-state index in [2.05, 4.69) is 145 Å². The molecule has 1 aliphatic carbocycles. The van der Waals surface area contributed by atoms with Gasteiger partial charge in [-0.25, -0.2) is 15.0 Å². The van der Waals surface area contributed by atoms with E-state index < -0.39 is 0 Å². The number of aromatic nitrogens is 3. The minimum absolute atomic E-state index is 0.160. The third-order valence-electron chi connectivity index (χ3n) is 10.3. The van der Waals surface area contributed by atoms with Crippen molar-refractivity contribution in [2.75, 3.05) is 0 Å². The van der Waals surface area contributed by atoms with Gasteiger partial charge in [0.2, 0.25) is 0 Å². The number of hydrogen-bond acceptors (Lipinski definition) is 3. The summed E-state index contributed by atoms with van der Waals surface area (Å²) in [6, 6.07) is 46.3. The molecule has 0 fully saturated rings. The molecule has 9 aromatic rings. The monoisotopic (exact) mass is 599 g/mol. The van der Waals surface area contributed by atoms with Crippen molar-refractivity contribution in [1.29, 1.82) is 0 Å². The first-order valence-electron chi connectivity index (χ1n) is 16.2. The molecule has 3 nitrogen and oxygen atoms in total. The molecule has 0 bridgehead atoms. The summed E-state index contributed by atoms with van der Waals surface area (Å²) in [4.78, 5) is 14.4. The molecule has 220 valence electrons. The van der Waals surface area contributed by atoms with E-state index in [0.717, 1.165) is 22.6 Å². The molecule has 0 saturated carbocycles. The highest BCUT2D eigenvalue weighted by molar-refractivity contribution is 6.27. The van der Waals surface area contributed by atoms with Crippen LogP contribution in [0.25, 0.3) is 88.1 Å². The molecule has 0 N–H and O–H groups in total. The average molecular weight is 600 g/mol. The Labute approximate surface area is 272 Å². The first-order valence-corrected chi connectivity index (χ1v) is 16.2. The first-order chi connectivity index (χ1) is 23.1. The lowest BCUT2D eigenvalue weighted by Crippen LogP contribution is -2.16. The molecular formula is C44H29N3. The van der Waals surface area contributed by atoms with Crippen molar-refractivity contribution in [2.24, 2.45) is 0 Å². The van der Waals surface area contributed by atoms with Crippen molar-refractivity contribution in [3.05, 3.63) is 151 Å². The Hall–Kier alpha value is -5.93. The predicted molar refractivity (Wildman–Crippen MR) is 195 cm³/mol. The summed E-state index contributed by atoms with van der Waals surface area (Å²) < 4.78 is 0. The van der Waals surface area contributed by atoms with E-state index in [0.29, 0.717) is 0 Å². The van der Waals surface area contributed by atoms with Crippen molar-refractivity contribution in [3.63, 3.8) is 0 Å². The largest absolute Gasteiger partial charge is 0.247 e. The standard InChI is InChI=1S/C44H29N3/c1-44(2)36-10-5-3-8-34(36)42-41(44)40(35-9-4-6-11-37(35)47-42)29-14-12-26(13-15-29)30-20-16-27-18-22-32-33(43-45-24-7-25-46-43)23-19-28-17-21-31(30)38(27)39(28)32/h3-25H,1-2H3. The van der Waals surface area contributed by atoms with E-state index >= 15 is 0 Å². The molecule has 0 radical (unpaired) electrons. The zero-order valence-corrected chi connectivity index (χ0v) is 26.1. The molecule has 2 heterocycles. The SMILES string of the molecule is CC1(C)c2ccccc2-c2nc3ccccc3c(-c3ccc(-c4ccc5ccc6c(-c7ncccn7)ccc7ccc4c5c76)cc3)c21. The second-order valence-electron chi connectivity index (χ2n) is 13.2. The third kappa shape index (κ3) is 3.65. The topological polar surface area (TPSA) is 38.7 Å². The third-order valence-corrected chi connectivity index (χ3v) is 10.3. The van der Waals surface area contributed by atoms with Crippen LogP contribution in [0.5, 0.6) is 0 Å². The summed E-state index contributed by atoms with van der Waals surface area (Å²) >= 11 is 0. The average Bonchev–Trinajstić information content (AvgIpc) is 3.35. The Morgan fingerprint density at radius 2 is 1.11 bits per heavy atom. The zero-order valence-electron chi connectivity index (χ0n) is 26.1. The molecule has 7 aromatic carbocycles. The second-order valence-corrected chi connectivity index (χ2v) is 13.2. The van der Waals surface area contributed by atoms with Gasteiger partial charge in [-0.05, 0) is 83.9 Å². The number of fused-ring (bicyclic) bond motifs is 4. The van der Waals surface area contributed by atoms with Gasteiger partial charge >= 0.3 is 0 Å².